The van der Waals surface area contributed by atoms with Crippen LogP contribution in [-0.4, -0.2) is 217 Å². The Bertz CT molecular complexity index is 2670. The smallest absolute Gasteiger partial charge is 0.408 e. The average Bonchev–Trinajstić information content (AvgIpc) is 0.905. The van der Waals surface area contributed by atoms with Crippen LogP contribution in [0.1, 0.15) is 253 Å². The van der Waals surface area contributed by atoms with E-state index in [1.54, 1.807) is 104 Å². The van der Waals surface area contributed by atoms with Crippen molar-refractivity contribution in [3.8, 4) is 0 Å². The SMILES string of the molecule is CC(C)(C)OC(=O)CCCCCC(CC(=O)OC(C)(C)C)C(=O)NCCCCC(NC(=O)C(CCCCNC(=O)OC(C)(C)C)CC(=O)OC(C)(C)C)C(=O)CCCOCCOCCOCCN=[N+]=[N-].CC(C)(C)OC(=O)NCCCC[C@H](NC(=O)OC(C)(C)C)C(=O)CCCOCCOCCOCCN=[N+]=[N-]. The van der Waals surface area contributed by atoms with E-state index in [-0.39, 0.29) is 88.2 Å². The van der Waals surface area contributed by atoms with Crippen LogP contribution in [0.2, 0.25) is 0 Å². The molecular weight excluding hydrogens is 1410 g/mol. The van der Waals surface area contributed by atoms with Crippen molar-refractivity contribution in [2.45, 2.75) is 299 Å². The van der Waals surface area contributed by atoms with Crippen molar-refractivity contribution in [1.82, 2.24) is 26.6 Å². The monoisotopic (exact) mass is 1540 g/mol. The minimum atomic E-state index is -0.888. The number of azide groups is 2. The molecule has 0 rings (SSSR count). The van der Waals surface area contributed by atoms with E-state index in [9.17, 15) is 47.9 Å². The first-order valence-electron chi connectivity index (χ1n) is 38.1. The molecule has 0 aliphatic rings. The fraction of sp³-hybridized carbons (Fsp3) is 0.867. The van der Waals surface area contributed by atoms with Crippen molar-refractivity contribution in [1.29, 1.82) is 0 Å². The van der Waals surface area contributed by atoms with Gasteiger partial charge >= 0.3 is 36.2 Å². The van der Waals surface area contributed by atoms with E-state index in [1.165, 1.54) is 0 Å². The second kappa shape index (κ2) is 58.8. The lowest BCUT2D eigenvalue weighted by molar-refractivity contribution is -0.158. The Morgan fingerprint density at radius 1 is 0.315 bits per heavy atom. The standard InChI is InChI=1S/C50H90N6O14.C25H47N5O8/c1-47(2,3)67-41(58)25-15-13-14-21-37(35-42(59)68-48(4,5)6)44(61)52-26-19-17-23-39(40(57)24-20-29-64-31-33-66-34-32-65-30-28-54-56-51)55-45(62)38(36-43(60)69-49(7,8)9)22-16-18-27-53-46(63)70-50(10,11)12;1-24(2,3)37-22(32)27-12-8-7-10-20(29-23(33)38-25(4,5)6)21(31)11-9-14-34-16-18-36-19-17-35-15-13-28-30-26/h37-39H,13-36H2,1-12H3,(H,52,61)(H,53,63)(H,55,62);20H,7-19H2,1-6H3,(H,27,32)(H,29,33)/t;20-/m.0/s1. The first kappa shape index (κ1) is 103. The first-order chi connectivity index (χ1) is 50.4. The quantitative estimate of drug-likeness (QED) is 0.00943. The maximum absolute atomic E-state index is 14.0. The van der Waals surface area contributed by atoms with Gasteiger partial charge in [-0.3, -0.25) is 33.6 Å². The van der Waals surface area contributed by atoms with Crippen LogP contribution in [0, 0.1) is 11.8 Å². The highest BCUT2D eigenvalue weighted by Crippen LogP contribution is 2.22. The number of ketones is 2. The Balaban J connectivity index is 0. The van der Waals surface area contributed by atoms with Gasteiger partial charge in [0.05, 0.1) is 91.0 Å². The number of nitrogens with one attached hydrogen (secondary N) is 5. The summed E-state index contributed by atoms with van der Waals surface area (Å²) < 4.78 is 64.8. The molecule has 0 saturated heterocycles. The van der Waals surface area contributed by atoms with Crippen LogP contribution in [0.4, 0.5) is 14.4 Å². The molecule has 0 aromatic carbocycles. The van der Waals surface area contributed by atoms with Gasteiger partial charge in [-0.2, -0.15) is 0 Å². The van der Waals surface area contributed by atoms with Gasteiger partial charge in [0.2, 0.25) is 11.8 Å². The maximum Gasteiger partial charge on any atom is 0.408 e. The number of nitrogens with zero attached hydrogens (tertiary/aromatic N) is 6. The molecule has 0 saturated carbocycles. The van der Waals surface area contributed by atoms with Gasteiger partial charge in [0, 0.05) is 86.9 Å². The van der Waals surface area contributed by atoms with Crippen LogP contribution in [0.25, 0.3) is 20.9 Å². The number of rotatable bonds is 57. The zero-order valence-electron chi connectivity index (χ0n) is 68.6. The van der Waals surface area contributed by atoms with Gasteiger partial charge < -0.3 is 83.4 Å². The van der Waals surface area contributed by atoms with Crippen molar-refractivity contribution >= 4 is 59.6 Å². The maximum atomic E-state index is 14.0. The zero-order valence-corrected chi connectivity index (χ0v) is 68.6. The van der Waals surface area contributed by atoms with E-state index >= 15 is 0 Å². The van der Waals surface area contributed by atoms with Gasteiger partial charge in [-0.15, -0.1) is 0 Å². The minimum Gasteiger partial charge on any atom is -0.460 e. The summed E-state index contributed by atoms with van der Waals surface area (Å²) in [6.45, 7) is 37.6. The molecular formula is C75H137N11O22. The number of amides is 5. The van der Waals surface area contributed by atoms with Crippen LogP contribution in [0.3, 0.4) is 0 Å². The summed E-state index contributed by atoms with van der Waals surface area (Å²) in [5.74, 6) is -3.87. The summed E-state index contributed by atoms with van der Waals surface area (Å²) in [6.07, 6.45) is 5.94. The van der Waals surface area contributed by atoms with Crippen LogP contribution in [-0.2, 0) is 90.4 Å². The van der Waals surface area contributed by atoms with Crippen LogP contribution in [0.5, 0.6) is 0 Å². The molecule has 108 heavy (non-hydrogen) atoms. The molecule has 0 radical (unpaired) electrons. The number of carbonyl (C=O) groups excluding carboxylic acids is 10. The summed E-state index contributed by atoms with van der Waals surface area (Å²) in [4.78, 5) is 133. The molecule has 5 N–H and O–H groups in total. The van der Waals surface area contributed by atoms with Crippen molar-refractivity contribution in [3.05, 3.63) is 20.9 Å². The Morgan fingerprint density at radius 3 is 1.01 bits per heavy atom. The Kier molecular flexibility index (Phi) is 56.0. The number of esters is 3. The molecule has 3 unspecified atom stereocenters. The van der Waals surface area contributed by atoms with Crippen LogP contribution in [0.15, 0.2) is 10.2 Å². The number of unbranched alkanes of at least 4 members (excludes halogenated alkanes) is 5. The molecule has 624 valence electrons. The molecule has 33 heteroatoms. The van der Waals surface area contributed by atoms with E-state index in [1.807, 2.05) is 20.8 Å². The molecule has 5 amide bonds. The van der Waals surface area contributed by atoms with Gasteiger partial charge in [-0.1, -0.05) is 29.5 Å². The fourth-order valence-electron chi connectivity index (χ4n) is 9.67. The third-order valence-corrected chi connectivity index (χ3v) is 14.2. The molecule has 0 fully saturated rings. The first-order valence-corrected chi connectivity index (χ1v) is 38.1. The fourth-order valence-corrected chi connectivity index (χ4v) is 9.67. The number of hydrogen-bond acceptors (Lipinski definition) is 24. The number of alkyl carbamates (subject to hydrolysis) is 3. The zero-order chi connectivity index (χ0) is 82.1. The van der Waals surface area contributed by atoms with E-state index in [0.29, 0.717) is 176 Å². The topological polar surface area (TPSA) is 439 Å². The number of ether oxygens (including phenoxy) is 12. The highest BCUT2D eigenvalue weighted by atomic mass is 16.6. The molecule has 0 aromatic rings. The Hall–Kier alpha value is -7.12. The number of hydrogen-bond donors (Lipinski definition) is 5. The van der Waals surface area contributed by atoms with Crippen molar-refractivity contribution in [2.75, 3.05) is 112 Å². The van der Waals surface area contributed by atoms with E-state index < -0.39 is 93.7 Å². The minimum absolute atomic E-state index is 0.102. The largest absolute Gasteiger partial charge is 0.460 e. The molecule has 0 aromatic heterocycles. The summed E-state index contributed by atoms with van der Waals surface area (Å²) in [6, 6.07) is -1.57. The van der Waals surface area contributed by atoms with E-state index in [4.69, 9.17) is 67.9 Å². The third kappa shape index (κ3) is 69.3. The van der Waals surface area contributed by atoms with E-state index in [2.05, 4.69) is 46.6 Å². The van der Waals surface area contributed by atoms with Crippen molar-refractivity contribution in [3.63, 3.8) is 0 Å². The molecule has 0 aliphatic heterocycles. The lowest BCUT2D eigenvalue weighted by atomic mass is 9.95. The van der Waals surface area contributed by atoms with Crippen molar-refractivity contribution in [2.24, 2.45) is 22.1 Å². The van der Waals surface area contributed by atoms with Gasteiger partial charge in [0.1, 0.15) is 33.6 Å². The predicted molar refractivity (Wildman–Crippen MR) is 406 cm³/mol. The highest BCUT2D eigenvalue weighted by Gasteiger charge is 2.31. The molecule has 0 heterocycles. The average molecular weight is 1540 g/mol. The van der Waals surface area contributed by atoms with Crippen molar-refractivity contribution < 1.29 is 105 Å². The molecule has 4 atom stereocenters. The lowest BCUT2D eigenvalue weighted by Gasteiger charge is -2.24. The normalized spacial score (nSPS) is 12.9. The van der Waals surface area contributed by atoms with Crippen LogP contribution >= 0.6 is 0 Å². The highest BCUT2D eigenvalue weighted by molar-refractivity contribution is 5.91. The number of Topliss-reactive ketones (excluding diaryl/α,β-unsaturated/α-hetero) is 2. The lowest BCUT2D eigenvalue weighted by Crippen LogP contribution is -2.44. The van der Waals surface area contributed by atoms with Gasteiger partial charge in [0.25, 0.3) is 0 Å². The van der Waals surface area contributed by atoms with Gasteiger partial charge in [-0.05, 0) is 213 Å². The van der Waals surface area contributed by atoms with Gasteiger partial charge in [0.15, 0.2) is 11.6 Å². The second-order valence-electron chi connectivity index (χ2n) is 31.8. The summed E-state index contributed by atoms with van der Waals surface area (Å²) in [5, 5.41) is 20.7. The summed E-state index contributed by atoms with van der Waals surface area (Å²) >= 11 is 0. The van der Waals surface area contributed by atoms with E-state index in [0.717, 1.165) is 0 Å². The van der Waals surface area contributed by atoms with Crippen LogP contribution < -0.4 is 26.6 Å². The molecule has 33 nitrogen and oxygen atoms in total. The summed E-state index contributed by atoms with van der Waals surface area (Å²) in [5.41, 5.74) is 12.5. The number of carbonyl (C=O) groups is 10. The molecule has 0 bridgehead atoms. The molecule has 0 aliphatic carbocycles. The molecule has 0 spiro atoms. The summed E-state index contributed by atoms with van der Waals surface area (Å²) in [7, 11) is 0. The predicted octanol–water partition coefficient (Wildman–Crippen LogP) is 12.4. The Labute approximate surface area is 642 Å². The third-order valence-electron chi connectivity index (χ3n) is 14.2. The Morgan fingerprint density at radius 2 is 0.630 bits per heavy atom. The second-order valence-corrected chi connectivity index (χ2v) is 31.8. The van der Waals surface area contributed by atoms with Gasteiger partial charge in [-0.25, -0.2) is 14.4 Å².